The molecule has 1 aliphatic carbocycles. The molecule has 0 aromatic heterocycles. The van der Waals surface area contributed by atoms with Gasteiger partial charge in [0.05, 0.1) is 23.3 Å². The van der Waals surface area contributed by atoms with Crippen LogP contribution >= 0.6 is 0 Å². The maximum absolute atomic E-state index is 10.6. The lowest BCUT2D eigenvalue weighted by molar-refractivity contribution is -0.384. The van der Waals surface area contributed by atoms with Crippen LogP contribution in [-0.2, 0) is 0 Å². The summed E-state index contributed by atoms with van der Waals surface area (Å²) in [4.78, 5) is 10.1. The van der Waals surface area contributed by atoms with E-state index in [1.807, 2.05) is 7.05 Å². The van der Waals surface area contributed by atoms with E-state index in [0.29, 0.717) is 0 Å². The molecule has 6 heteroatoms. The van der Waals surface area contributed by atoms with Crippen LogP contribution in [-0.4, -0.2) is 40.4 Å². The van der Waals surface area contributed by atoms with Gasteiger partial charge in [0, 0.05) is 19.2 Å². The van der Waals surface area contributed by atoms with Crippen molar-refractivity contribution in [3.8, 4) is 0 Å². The van der Waals surface area contributed by atoms with Crippen LogP contribution in [0.2, 0.25) is 0 Å². The lowest BCUT2D eigenvalue weighted by atomic mass is 9.92. The minimum Gasteiger partial charge on any atom is -0.391 e. The number of aliphatic hydroxyl groups is 1. The summed E-state index contributed by atoms with van der Waals surface area (Å²) < 4.78 is 0. The average molecular weight is 277 g/mol. The molecule has 6 nitrogen and oxygen atoms in total. The summed E-state index contributed by atoms with van der Waals surface area (Å²) >= 11 is 0. The van der Waals surface area contributed by atoms with Crippen molar-refractivity contribution in [1.29, 1.82) is 0 Å². The lowest BCUT2D eigenvalue weighted by Gasteiger charge is -2.33. The normalized spacial score (nSPS) is 22.9. The van der Waals surface area contributed by atoms with Crippen molar-refractivity contribution in [2.75, 3.05) is 7.05 Å². The zero-order valence-electron chi connectivity index (χ0n) is 11.5. The summed E-state index contributed by atoms with van der Waals surface area (Å²) in [6.45, 7) is 0. The Balaban J connectivity index is 1.99. The Kier molecular flexibility index (Phi) is 4.68. The molecule has 108 valence electrons. The first kappa shape index (κ1) is 14.5. The van der Waals surface area contributed by atoms with Crippen molar-refractivity contribution in [3.05, 3.63) is 39.9 Å². The van der Waals surface area contributed by atoms with Crippen LogP contribution < -0.4 is 0 Å². The number of hydrogen-bond donors (Lipinski definition) is 1. The topological polar surface area (TPSA) is 79.0 Å². The third-order valence-corrected chi connectivity index (χ3v) is 3.67. The molecular formula is C14H19N3O3. The van der Waals surface area contributed by atoms with E-state index in [0.717, 1.165) is 31.2 Å². The first-order valence-corrected chi connectivity index (χ1v) is 6.77. The Bertz CT molecular complexity index is 487. The molecule has 1 N–H and O–H groups in total. The van der Waals surface area contributed by atoms with Gasteiger partial charge in [0.25, 0.3) is 5.69 Å². The van der Waals surface area contributed by atoms with Gasteiger partial charge < -0.3 is 5.11 Å². The number of nitro groups is 1. The maximum atomic E-state index is 10.6. The summed E-state index contributed by atoms with van der Waals surface area (Å²) in [5, 5.41) is 26.6. The van der Waals surface area contributed by atoms with Gasteiger partial charge in [-0.05, 0) is 30.5 Å². The molecule has 0 amide bonds. The monoisotopic (exact) mass is 277 g/mol. The number of hydrogen-bond acceptors (Lipinski definition) is 5. The minimum atomic E-state index is -0.425. The molecule has 0 unspecified atom stereocenters. The summed E-state index contributed by atoms with van der Waals surface area (Å²) in [5.74, 6) is 0. The van der Waals surface area contributed by atoms with Crippen molar-refractivity contribution < 1.29 is 10.0 Å². The fourth-order valence-corrected chi connectivity index (χ4v) is 2.45. The summed E-state index contributed by atoms with van der Waals surface area (Å²) in [5.41, 5.74) is 0.867. The highest BCUT2D eigenvalue weighted by Gasteiger charge is 2.25. The predicted octanol–water partition coefficient (Wildman–Crippen LogP) is 2.16. The number of nitrogens with zero attached hydrogens (tertiary/aromatic N) is 3. The van der Waals surface area contributed by atoms with Gasteiger partial charge in [0.1, 0.15) is 0 Å². The van der Waals surface area contributed by atoms with Crippen LogP contribution in [0.3, 0.4) is 0 Å². The van der Waals surface area contributed by atoms with Crippen molar-refractivity contribution in [3.63, 3.8) is 0 Å². The minimum absolute atomic E-state index is 0.0537. The first-order chi connectivity index (χ1) is 9.58. The van der Waals surface area contributed by atoms with Gasteiger partial charge in [-0.2, -0.15) is 5.10 Å². The highest BCUT2D eigenvalue weighted by Crippen LogP contribution is 2.22. The Labute approximate surface area is 117 Å². The van der Waals surface area contributed by atoms with Crippen molar-refractivity contribution in [2.24, 2.45) is 5.10 Å². The largest absolute Gasteiger partial charge is 0.391 e. The number of aliphatic hydroxyl groups excluding tert-OH is 1. The van der Waals surface area contributed by atoms with E-state index in [4.69, 9.17) is 0 Å². The van der Waals surface area contributed by atoms with E-state index in [1.54, 1.807) is 23.4 Å². The highest BCUT2D eigenvalue weighted by molar-refractivity contribution is 5.79. The summed E-state index contributed by atoms with van der Waals surface area (Å²) in [7, 11) is 1.85. The molecule has 1 aromatic rings. The van der Waals surface area contributed by atoms with Crippen molar-refractivity contribution in [1.82, 2.24) is 5.01 Å². The molecule has 1 fully saturated rings. The van der Waals surface area contributed by atoms with Crippen LogP contribution in [0.25, 0.3) is 0 Å². The van der Waals surface area contributed by atoms with Crippen LogP contribution in [0.1, 0.15) is 31.2 Å². The smallest absolute Gasteiger partial charge is 0.269 e. The van der Waals surface area contributed by atoms with E-state index in [-0.39, 0.29) is 17.8 Å². The first-order valence-electron chi connectivity index (χ1n) is 6.77. The Hall–Kier alpha value is -1.95. The van der Waals surface area contributed by atoms with Gasteiger partial charge in [-0.1, -0.05) is 12.8 Å². The quantitative estimate of drug-likeness (QED) is 0.519. The fraction of sp³-hybridized carbons (Fsp3) is 0.500. The third-order valence-electron chi connectivity index (χ3n) is 3.67. The molecule has 1 aromatic carbocycles. The van der Waals surface area contributed by atoms with Crippen molar-refractivity contribution in [2.45, 2.75) is 37.8 Å². The van der Waals surface area contributed by atoms with Gasteiger partial charge in [-0.15, -0.1) is 0 Å². The fourth-order valence-electron chi connectivity index (χ4n) is 2.45. The van der Waals surface area contributed by atoms with Gasteiger partial charge in [0.15, 0.2) is 0 Å². The van der Waals surface area contributed by atoms with Crippen LogP contribution in [0.15, 0.2) is 29.4 Å². The van der Waals surface area contributed by atoms with Gasteiger partial charge in [-0.3, -0.25) is 15.1 Å². The molecule has 0 bridgehead atoms. The molecule has 0 heterocycles. The third kappa shape index (κ3) is 3.54. The van der Waals surface area contributed by atoms with Crippen LogP contribution in [0.5, 0.6) is 0 Å². The molecule has 2 rings (SSSR count). The molecule has 0 spiro atoms. The zero-order chi connectivity index (χ0) is 14.5. The van der Waals surface area contributed by atoms with E-state index >= 15 is 0 Å². The van der Waals surface area contributed by atoms with Crippen molar-refractivity contribution >= 4 is 11.9 Å². The number of nitro benzene ring substituents is 1. The molecule has 0 saturated heterocycles. The SMILES string of the molecule is CN(/N=C/c1ccc([N+](=O)[O-])cc1)[C@@H]1CCCC[C@H]1O. The van der Waals surface area contributed by atoms with Gasteiger partial charge in [0.2, 0.25) is 0 Å². The molecule has 2 atom stereocenters. The summed E-state index contributed by atoms with van der Waals surface area (Å²) in [6.07, 6.45) is 5.27. The average Bonchev–Trinajstić information content (AvgIpc) is 2.45. The number of rotatable bonds is 4. The van der Waals surface area contributed by atoms with Gasteiger partial charge >= 0.3 is 0 Å². The standard InChI is InChI=1S/C14H19N3O3/c1-16(13-4-2-3-5-14(13)18)15-10-11-6-8-12(9-7-11)17(19)20/h6-10,13-14,18H,2-5H2,1H3/b15-10+/t13-,14-/m1/s1. The molecule has 0 aliphatic heterocycles. The second kappa shape index (κ2) is 6.47. The summed E-state index contributed by atoms with van der Waals surface area (Å²) in [6, 6.07) is 6.28. The number of likely N-dealkylation sites (N-methyl/N-ethyl adjacent to an activating group) is 1. The number of hydrazone groups is 1. The van der Waals surface area contributed by atoms with Gasteiger partial charge in [-0.25, -0.2) is 0 Å². The van der Waals surface area contributed by atoms with E-state index in [9.17, 15) is 15.2 Å². The Morgan fingerprint density at radius 3 is 2.60 bits per heavy atom. The molecule has 1 aliphatic rings. The van der Waals surface area contributed by atoms with E-state index in [1.165, 1.54) is 12.1 Å². The Morgan fingerprint density at radius 1 is 1.35 bits per heavy atom. The second-order valence-corrected chi connectivity index (χ2v) is 5.09. The second-order valence-electron chi connectivity index (χ2n) is 5.09. The zero-order valence-corrected chi connectivity index (χ0v) is 11.5. The predicted molar refractivity (Wildman–Crippen MR) is 76.7 cm³/mol. The van der Waals surface area contributed by atoms with Crippen LogP contribution in [0, 0.1) is 10.1 Å². The van der Waals surface area contributed by atoms with Crippen LogP contribution in [0.4, 0.5) is 5.69 Å². The lowest BCUT2D eigenvalue weighted by Crippen LogP contribution is -2.40. The molecule has 20 heavy (non-hydrogen) atoms. The Morgan fingerprint density at radius 2 is 2.00 bits per heavy atom. The maximum Gasteiger partial charge on any atom is 0.269 e. The number of non-ortho nitro benzene ring substituents is 1. The molecule has 1 saturated carbocycles. The van der Waals surface area contributed by atoms with E-state index in [2.05, 4.69) is 5.10 Å². The van der Waals surface area contributed by atoms with E-state index < -0.39 is 4.92 Å². The molecular weight excluding hydrogens is 258 g/mol. The molecule has 0 radical (unpaired) electrons. The highest BCUT2D eigenvalue weighted by atomic mass is 16.6. The number of benzene rings is 1.